The van der Waals surface area contributed by atoms with Crippen molar-refractivity contribution in [3.05, 3.63) is 78.0 Å². The Hall–Kier alpha value is -3.37. The maximum absolute atomic E-state index is 12.4. The summed E-state index contributed by atoms with van der Waals surface area (Å²) in [7, 11) is -3.66. The number of hydrogen-bond donors (Lipinski definition) is 1. The fourth-order valence-corrected chi connectivity index (χ4v) is 3.25. The third-order valence-corrected chi connectivity index (χ3v) is 4.94. The second-order valence-corrected chi connectivity index (χ2v) is 7.20. The van der Waals surface area contributed by atoms with Crippen LogP contribution in [0.5, 0.6) is 11.6 Å². The zero-order chi connectivity index (χ0) is 18.6. The minimum Gasteiger partial charge on any atom is -0.438 e. The Labute approximate surface area is 151 Å². The van der Waals surface area contributed by atoms with Gasteiger partial charge in [-0.05, 0) is 55.5 Å². The number of nitrogens with zero attached hydrogens (tertiary/aromatic N) is 2. The number of sulfonamides is 1. The van der Waals surface area contributed by atoms with Crippen LogP contribution in [0, 0.1) is 18.3 Å². The summed E-state index contributed by atoms with van der Waals surface area (Å²) < 4.78 is 32.9. The first-order chi connectivity index (χ1) is 12.5. The summed E-state index contributed by atoms with van der Waals surface area (Å²) in [4.78, 5) is 4.21. The van der Waals surface area contributed by atoms with Crippen molar-refractivity contribution >= 4 is 15.7 Å². The Kier molecular flexibility index (Phi) is 4.87. The first kappa shape index (κ1) is 17.5. The third kappa shape index (κ3) is 3.99. The number of hydrogen-bond acceptors (Lipinski definition) is 5. The minimum atomic E-state index is -3.66. The average molecular weight is 365 g/mol. The Bertz CT molecular complexity index is 1050. The molecule has 0 radical (unpaired) electrons. The molecule has 0 aliphatic heterocycles. The molecule has 0 bridgehead atoms. The van der Waals surface area contributed by atoms with Crippen molar-refractivity contribution in [1.82, 2.24) is 4.98 Å². The number of nitriles is 1. The number of aryl methyl sites for hydroxylation is 1. The summed E-state index contributed by atoms with van der Waals surface area (Å²) in [5, 5.41) is 9.05. The van der Waals surface area contributed by atoms with Gasteiger partial charge < -0.3 is 4.74 Å². The first-order valence-corrected chi connectivity index (χ1v) is 9.19. The quantitative estimate of drug-likeness (QED) is 0.741. The average Bonchev–Trinajstić information content (AvgIpc) is 2.64. The van der Waals surface area contributed by atoms with Gasteiger partial charge in [-0.1, -0.05) is 17.7 Å². The normalized spacial score (nSPS) is 10.8. The van der Waals surface area contributed by atoms with Gasteiger partial charge >= 0.3 is 0 Å². The lowest BCUT2D eigenvalue weighted by atomic mass is 10.2. The molecule has 0 amide bonds. The number of aromatic nitrogens is 1. The van der Waals surface area contributed by atoms with E-state index in [1.807, 2.05) is 13.0 Å². The zero-order valence-electron chi connectivity index (χ0n) is 13.9. The van der Waals surface area contributed by atoms with Crippen LogP contribution in [-0.4, -0.2) is 13.4 Å². The van der Waals surface area contributed by atoms with Gasteiger partial charge in [0.05, 0.1) is 4.90 Å². The molecule has 0 atom stereocenters. The molecule has 6 nitrogen and oxygen atoms in total. The molecule has 0 aliphatic rings. The van der Waals surface area contributed by atoms with E-state index < -0.39 is 10.0 Å². The Morgan fingerprint density at radius 1 is 1.04 bits per heavy atom. The number of benzene rings is 2. The summed E-state index contributed by atoms with van der Waals surface area (Å²) in [5.41, 5.74) is 1.70. The molecule has 3 rings (SSSR count). The van der Waals surface area contributed by atoms with Gasteiger partial charge in [-0.25, -0.2) is 13.4 Å². The van der Waals surface area contributed by atoms with E-state index in [4.69, 9.17) is 10.00 Å². The van der Waals surface area contributed by atoms with Gasteiger partial charge in [0.15, 0.2) is 0 Å². The Morgan fingerprint density at radius 2 is 1.73 bits per heavy atom. The second kappa shape index (κ2) is 7.25. The fourth-order valence-electron chi connectivity index (χ4n) is 2.19. The van der Waals surface area contributed by atoms with E-state index in [-0.39, 0.29) is 10.8 Å². The van der Waals surface area contributed by atoms with Crippen molar-refractivity contribution in [2.24, 2.45) is 0 Å². The van der Waals surface area contributed by atoms with Crippen LogP contribution < -0.4 is 9.46 Å². The van der Waals surface area contributed by atoms with Crippen molar-refractivity contribution in [3.63, 3.8) is 0 Å². The van der Waals surface area contributed by atoms with E-state index in [9.17, 15) is 8.42 Å². The predicted molar refractivity (Wildman–Crippen MR) is 97.5 cm³/mol. The van der Waals surface area contributed by atoms with Crippen LogP contribution in [0.15, 0.2) is 71.8 Å². The Balaban J connectivity index is 1.75. The summed E-state index contributed by atoms with van der Waals surface area (Å²) in [6, 6.07) is 18.2. The van der Waals surface area contributed by atoms with Crippen molar-refractivity contribution < 1.29 is 13.2 Å². The summed E-state index contributed by atoms with van der Waals surface area (Å²) in [6.45, 7) is 1.89. The molecule has 26 heavy (non-hydrogen) atoms. The molecule has 0 saturated carbocycles. The fraction of sp³-hybridized carbons (Fsp3) is 0.0526. The van der Waals surface area contributed by atoms with Crippen LogP contribution in [0.3, 0.4) is 0 Å². The number of rotatable bonds is 5. The maximum atomic E-state index is 12.4. The van der Waals surface area contributed by atoms with Gasteiger partial charge in [-0.3, -0.25) is 4.72 Å². The molecule has 1 aromatic heterocycles. The van der Waals surface area contributed by atoms with E-state index in [1.54, 1.807) is 60.7 Å². The third-order valence-electron chi connectivity index (χ3n) is 3.54. The summed E-state index contributed by atoms with van der Waals surface area (Å²) in [5.74, 6) is 0.640. The second-order valence-electron chi connectivity index (χ2n) is 5.51. The zero-order valence-corrected chi connectivity index (χ0v) is 14.7. The predicted octanol–water partition coefficient (Wildman–Crippen LogP) is 3.85. The molecule has 130 valence electrons. The lowest BCUT2D eigenvalue weighted by Gasteiger charge is -2.10. The van der Waals surface area contributed by atoms with Crippen molar-refractivity contribution in [1.29, 1.82) is 5.26 Å². The van der Waals surface area contributed by atoms with Crippen molar-refractivity contribution in [2.75, 3.05) is 4.72 Å². The molecule has 1 N–H and O–H groups in total. The van der Waals surface area contributed by atoms with E-state index in [2.05, 4.69) is 9.71 Å². The molecule has 0 spiro atoms. The minimum absolute atomic E-state index is 0.190. The lowest BCUT2D eigenvalue weighted by molar-refractivity contribution is 0.461. The molecule has 0 fully saturated rings. The number of nitrogens with one attached hydrogen (secondary N) is 1. The standard InChI is InChI=1S/C19H15N3O3S/c1-14-4-10-18(11-5-14)26(23,24)22-16-6-8-17(9-7-16)25-19-15(13-20)3-2-12-21-19/h2-12,22H,1H3. The Morgan fingerprint density at radius 3 is 2.38 bits per heavy atom. The first-order valence-electron chi connectivity index (χ1n) is 7.70. The van der Waals surface area contributed by atoms with Crippen LogP contribution in [0.2, 0.25) is 0 Å². The van der Waals surface area contributed by atoms with E-state index >= 15 is 0 Å². The molecule has 0 unspecified atom stereocenters. The number of ether oxygens (including phenoxy) is 1. The molecular formula is C19H15N3O3S. The van der Waals surface area contributed by atoms with E-state index in [0.29, 0.717) is 17.0 Å². The molecular weight excluding hydrogens is 350 g/mol. The molecule has 2 aromatic carbocycles. The van der Waals surface area contributed by atoms with Gasteiger partial charge in [0, 0.05) is 11.9 Å². The maximum Gasteiger partial charge on any atom is 0.261 e. The van der Waals surface area contributed by atoms with Crippen LogP contribution in [0.1, 0.15) is 11.1 Å². The highest BCUT2D eigenvalue weighted by Gasteiger charge is 2.14. The largest absolute Gasteiger partial charge is 0.438 e. The lowest BCUT2D eigenvalue weighted by Crippen LogP contribution is -2.12. The summed E-state index contributed by atoms with van der Waals surface area (Å²) in [6.07, 6.45) is 1.53. The highest BCUT2D eigenvalue weighted by atomic mass is 32.2. The van der Waals surface area contributed by atoms with Gasteiger partial charge in [0.1, 0.15) is 17.4 Å². The molecule has 1 heterocycles. The number of anilines is 1. The van der Waals surface area contributed by atoms with E-state index in [0.717, 1.165) is 5.56 Å². The number of pyridine rings is 1. The van der Waals surface area contributed by atoms with Crippen LogP contribution in [0.25, 0.3) is 0 Å². The highest BCUT2D eigenvalue weighted by Crippen LogP contribution is 2.25. The molecule has 0 aliphatic carbocycles. The van der Waals surface area contributed by atoms with Crippen LogP contribution in [-0.2, 0) is 10.0 Å². The smallest absolute Gasteiger partial charge is 0.261 e. The van der Waals surface area contributed by atoms with Crippen LogP contribution in [0.4, 0.5) is 5.69 Å². The van der Waals surface area contributed by atoms with Crippen molar-refractivity contribution in [3.8, 4) is 17.7 Å². The van der Waals surface area contributed by atoms with Gasteiger partial charge in [0.2, 0.25) is 5.88 Å². The summed E-state index contributed by atoms with van der Waals surface area (Å²) >= 11 is 0. The van der Waals surface area contributed by atoms with Gasteiger partial charge in [-0.2, -0.15) is 5.26 Å². The van der Waals surface area contributed by atoms with Crippen LogP contribution >= 0.6 is 0 Å². The SMILES string of the molecule is Cc1ccc(S(=O)(=O)Nc2ccc(Oc3ncccc3C#N)cc2)cc1. The van der Waals surface area contributed by atoms with Gasteiger partial charge in [0.25, 0.3) is 10.0 Å². The molecule has 3 aromatic rings. The van der Waals surface area contributed by atoms with E-state index in [1.165, 1.54) is 6.20 Å². The van der Waals surface area contributed by atoms with Gasteiger partial charge in [-0.15, -0.1) is 0 Å². The molecule has 0 saturated heterocycles. The topological polar surface area (TPSA) is 92.1 Å². The monoisotopic (exact) mass is 365 g/mol. The molecule has 7 heteroatoms. The van der Waals surface area contributed by atoms with Crippen molar-refractivity contribution in [2.45, 2.75) is 11.8 Å². The highest BCUT2D eigenvalue weighted by molar-refractivity contribution is 7.92.